The first kappa shape index (κ1) is 19.2. The van der Waals surface area contributed by atoms with E-state index in [9.17, 15) is 8.42 Å². The molecule has 1 aromatic heterocycles. The van der Waals surface area contributed by atoms with Crippen LogP contribution in [0.2, 0.25) is 5.02 Å². The molecule has 29 heavy (non-hydrogen) atoms. The summed E-state index contributed by atoms with van der Waals surface area (Å²) in [6.45, 7) is 1.67. The average Bonchev–Trinajstić information content (AvgIpc) is 3.21. The Bertz CT molecular complexity index is 1250. The zero-order chi connectivity index (χ0) is 20.4. The fourth-order valence-electron chi connectivity index (χ4n) is 2.81. The molecule has 146 valence electrons. The standard InChI is InChI=1S/C21H16ClN3O3S/c1-14-18(22)8-5-9-19(14)29(26,27)25-17-12-10-16(11-13-17)21-24-23-20(28-21)15-6-3-2-4-7-15/h2-13,25H,1H3. The lowest BCUT2D eigenvalue weighted by molar-refractivity contribution is 0.584. The highest BCUT2D eigenvalue weighted by Gasteiger charge is 2.18. The molecule has 0 radical (unpaired) electrons. The monoisotopic (exact) mass is 425 g/mol. The van der Waals surface area contributed by atoms with E-state index in [0.717, 1.165) is 5.56 Å². The van der Waals surface area contributed by atoms with Gasteiger partial charge in [0.05, 0.1) is 4.90 Å². The van der Waals surface area contributed by atoms with Crippen molar-refractivity contribution in [3.63, 3.8) is 0 Å². The Morgan fingerprint density at radius 3 is 2.10 bits per heavy atom. The minimum absolute atomic E-state index is 0.137. The Morgan fingerprint density at radius 2 is 1.45 bits per heavy atom. The Kier molecular flexibility index (Phi) is 5.08. The van der Waals surface area contributed by atoms with Crippen LogP contribution in [-0.4, -0.2) is 18.6 Å². The highest BCUT2D eigenvalue weighted by molar-refractivity contribution is 7.92. The summed E-state index contributed by atoms with van der Waals surface area (Å²) in [7, 11) is -3.76. The van der Waals surface area contributed by atoms with E-state index in [1.165, 1.54) is 6.07 Å². The number of benzene rings is 3. The van der Waals surface area contributed by atoms with E-state index in [1.54, 1.807) is 43.3 Å². The predicted molar refractivity (Wildman–Crippen MR) is 112 cm³/mol. The van der Waals surface area contributed by atoms with Gasteiger partial charge < -0.3 is 4.42 Å². The SMILES string of the molecule is Cc1c(Cl)cccc1S(=O)(=O)Nc1ccc(-c2nnc(-c3ccccc3)o2)cc1. The first-order chi connectivity index (χ1) is 13.9. The normalized spacial score (nSPS) is 11.4. The second-order valence-electron chi connectivity index (χ2n) is 6.32. The molecule has 0 saturated heterocycles. The molecular formula is C21H16ClN3O3S. The van der Waals surface area contributed by atoms with Gasteiger partial charge >= 0.3 is 0 Å². The smallest absolute Gasteiger partial charge is 0.262 e. The molecule has 4 rings (SSSR count). The molecule has 0 aliphatic rings. The van der Waals surface area contributed by atoms with Crippen molar-refractivity contribution in [2.45, 2.75) is 11.8 Å². The largest absolute Gasteiger partial charge is 0.416 e. The molecule has 0 bridgehead atoms. The molecule has 0 aliphatic carbocycles. The van der Waals surface area contributed by atoms with E-state index >= 15 is 0 Å². The van der Waals surface area contributed by atoms with Crippen LogP contribution in [-0.2, 0) is 10.0 Å². The highest BCUT2D eigenvalue weighted by atomic mass is 35.5. The van der Waals surface area contributed by atoms with Gasteiger partial charge in [0.25, 0.3) is 10.0 Å². The maximum Gasteiger partial charge on any atom is 0.262 e. The van der Waals surface area contributed by atoms with Gasteiger partial charge in [0.2, 0.25) is 11.8 Å². The van der Waals surface area contributed by atoms with Gasteiger partial charge in [0.15, 0.2) is 0 Å². The summed E-state index contributed by atoms with van der Waals surface area (Å²) in [4.78, 5) is 0.137. The van der Waals surface area contributed by atoms with Crippen LogP contribution in [0.25, 0.3) is 22.9 Å². The van der Waals surface area contributed by atoms with E-state index in [2.05, 4.69) is 14.9 Å². The number of nitrogens with one attached hydrogen (secondary N) is 1. The molecule has 1 N–H and O–H groups in total. The van der Waals surface area contributed by atoms with Crippen molar-refractivity contribution in [1.82, 2.24) is 10.2 Å². The minimum atomic E-state index is -3.76. The Labute approximate surface area is 173 Å². The fraction of sp³-hybridized carbons (Fsp3) is 0.0476. The maximum atomic E-state index is 12.7. The Morgan fingerprint density at radius 1 is 0.828 bits per heavy atom. The van der Waals surface area contributed by atoms with Crippen molar-refractivity contribution in [3.8, 4) is 22.9 Å². The molecule has 0 saturated carbocycles. The maximum absolute atomic E-state index is 12.7. The molecule has 6 nitrogen and oxygen atoms in total. The van der Waals surface area contributed by atoms with Gasteiger partial charge in [-0.3, -0.25) is 4.72 Å². The lowest BCUT2D eigenvalue weighted by Crippen LogP contribution is -2.14. The summed E-state index contributed by atoms with van der Waals surface area (Å²) in [6.07, 6.45) is 0. The third kappa shape index (κ3) is 4.01. The van der Waals surface area contributed by atoms with Gasteiger partial charge in [-0.25, -0.2) is 8.42 Å². The summed E-state index contributed by atoms with van der Waals surface area (Å²) in [5.74, 6) is 0.769. The number of halogens is 1. The number of hydrogen-bond acceptors (Lipinski definition) is 5. The second kappa shape index (κ2) is 7.69. The number of nitrogens with zero attached hydrogens (tertiary/aromatic N) is 2. The summed E-state index contributed by atoms with van der Waals surface area (Å²) in [5.41, 5.74) is 2.42. The summed E-state index contributed by atoms with van der Waals surface area (Å²) in [6, 6.07) is 20.9. The quantitative estimate of drug-likeness (QED) is 0.477. The molecule has 0 unspecified atom stereocenters. The van der Waals surface area contributed by atoms with Crippen molar-refractivity contribution in [1.29, 1.82) is 0 Å². The molecular weight excluding hydrogens is 410 g/mol. The van der Waals surface area contributed by atoms with Crippen LogP contribution >= 0.6 is 11.6 Å². The molecule has 8 heteroatoms. The van der Waals surface area contributed by atoms with Crippen molar-refractivity contribution in [2.24, 2.45) is 0 Å². The molecule has 3 aromatic carbocycles. The van der Waals surface area contributed by atoms with Gasteiger partial charge in [0.1, 0.15) is 0 Å². The summed E-state index contributed by atoms with van der Waals surface area (Å²) in [5, 5.41) is 8.52. The van der Waals surface area contributed by atoms with Gasteiger partial charge in [-0.1, -0.05) is 35.9 Å². The topological polar surface area (TPSA) is 85.1 Å². The van der Waals surface area contributed by atoms with Crippen LogP contribution in [0, 0.1) is 6.92 Å². The van der Waals surface area contributed by atoms with Crippen molar-refractivity contribution in [2.75, 3.05) is 4.72 Å². The second-order valence-corrected chi connectivity index (χ2v) is 8.38. The van der Waals surface area contributed by atoms with Gasteiger partial charge in [0, 0.05) is 21.8 Å². The van der Waals surface area contributed by atoms with E-state index in [-0.39, 0.29) is 4.90 Å². The zero-order valence-electron chi connectivity index (χ0n) is 15.3. The number of aromatic nitrogens is 2. The molecule has 0 fully saturated rings. The third-order valence-corrected chi connectivity index (χ3v) is 6.27. The minimum Gasteiger partial charge on any atom is -0.416 e. The summed E-state index contributed by atoms with van der Waals surface area (Å²) >= 11 is 6.04. The number of anilines is 1. The highest BCUT2D eigenvalue weighted by Crippen LogP contribution is 2.27. The van der Waals surface area contributed by atoms with Gasteiger partial charge in [-0.05, 0) is 61.0 Å². The molecule has 1 heterocycles. The van der Waals surface area contributed by atoms with E-state index in [1.807, 2.05) is 30.3 Å². The van der Waals surface area contributed by atoms with E-state index in [0.29, 0.717) is 33.6 Å². The van der Waals surface area contributed by atoms with Crippen LogP contribution in [0.1, 0.15) is 5.56 Å². The van der Waals surface area contributed by atoms with Crippen LogP contribution in [0.5, 0.6) is 0 Å². The van der Waals surface area contributed by atoms with Crippen LogP contribution in [0.4, 0.5) is 5.69 Å². The third-order valence-electron chi connectivity index (χ3n) is 4.34. The molecule has 0 aliphatic heterocycles. The first-order valence-electron chi connectivity index (χ1n) is 8.71. The Hall–Kier alpha value is -3.16. The lowest BCUT2D eigenvalue weighted by atomic mass is 10.2. The van der Waals surface area contributed by atoms with Crippen molar-refractivity contribution < 1.29 is 12.8 Å². The molecule has 0 spiro atoms. The lowest BCUT2D eigenvalue weighted by Gasteiger charge is -2.11. The van der Waals surface area contributed by atoms with Crippen molar-refractivity contribution in [3.05, 3.63) is 83.4 Å². The molecule has 0 amide bonds. The van der Waals surface area contributed by atoms with Crippen LogP contribution in [0.3, 0.4) is 0 Å². The summed E-state index contributed by atoms with van der Waals surface area (Å²) < 4.78 is 33.6. The molecule has 0 atom stereocenters. The number of rotatable bonds is 5. The molecule has 4 aromatic rings. The first-order valence-corrected chi connectivity index (χ1v) is 10.6. The zero-order valence-corrected chi connectivity index (χ0v) is 16.9. The van der Waals surface area contributed by atoms with E-state index < -0.39 is 10.0 Å². The Balaban J connectivity index is 1.56. The van der Waals surface area contributed by atoms with Crippen molar-refractivity contribution >= 4 is 27.3 Å². The predicted octanol–water partition coefficient (Wildman–Crippen LogP) is 5.17. The number of hydrogen-bond donors (Lipinski definition) is 1. The van der Waals surface area contributed by atoms with Gasteiger partial charge in [-0.2, -0.15) is 0 Å². The fourth-order valence-corrected chi connectivity index (χ4v) is 4.36. The van der Waals surface area contributed by atoms with Crippen LogP contribution in [0.15, 0.2) is 82.1 Å². The number of sulfonamides is 1. The average molecular weight is 426 g/mol. The van der Waals surface area contributed by atoms with Gasteiger partial charge in [-0.15, -0.1) is 10.2 Å². The van der Waals surface area contributed by atoms with Crippen LogP contribution < -0.4 is 4.72 Å². The van der Waals surface area contributed by atoms with E-state index in [4.69, 9.17) is 16.0 Å².